The number of anilines is 1. The molecular formula is C16H16BrN. The maximum atomic E-state index is 3.85. The molecule has 0 bridgehead atoms. The zero-order chi connectivity index (χ0) is 12.7. The molecule has 2 aromatic rings. The molecule has 0 radical (unpaired) electrons. The van der Waals surface area contributed by atoms with Crippen molar-refractivity contribution < 1.29 is 0 Å². The lowest BCUT2D eigenvalue weighted by atomic mass is 9.96. The van der Waals surface area contributed by atoms with Gasteiger partial charge in [-0.2, -0.15) is 0 Å². The predicted octanol–water partition coefficient (Wildman–Crippen LogP) is 4.71. The van der Waals surface area contributed by atoms with Gasteiger partial charge in [-0.25, -0.2) is 0 Å². The van der Waals surface area contributed by atoms with Gasteiger partial charge in [0.15, 0.2) is 0 Å². The van der Waals surface area contributed by atoms with E-state index in [1.165, 1.54) is 26.5 Å². The van der Waals surface area contributed by atoms with Crippen molar-refractivity contribution in [1.29, 1.82) is 0 Å². The van der Waals surface area contributed by atoms with E-state index in [1.807, 2.05) is 6.08 Å². The van der Waals surface area contributed by atoms with E-state index in [9.17, 15) is 0 Å². The monoisotopic (exact) mass is 301 g/mol. The van der Waals surface area contributed by atoms with Crippen molar-refractivity contribution in [2.24, 2.45) is 0 Å². The number of hydrogen-bond donors (Lipinski definition) is 0. The molecule has 0 saturated heterocycles. The summed E-state index contributed by atoms with van der Waals surface area (Å²) in [7, 11) is 0. The van der Waals surface area contributed by atoms with Crippen LogP contribution in [0.1, 0.15) is 18.4 Å². The summed E-state index contributed by atoms with van der Waals surface area (Å²) in [5.41, 5.74) is 2.85. The van der Waals surface area contributed by atoms with E-state index in [2.05, 4.69) is 64.7 Å². The first-order valence-electron chi connectivity index (χ1n) is 6.29. The molecule has 1 atom stereocenters. The molecule has 3 rings (SSSR count). The number of rotatable bonds is 2. The lowest BCUT2D eigenvalue weighted by Gasteiger charge is -2.17. The van der Waals surface area contributed by atoms with Crippen LogP contribution in [-0.4, -0.2) is 13.1 Å². The lowest BCUT2D eigenvalue weighted by molar-refractivity contribution is 0.780. The Morgan fingerprint density at radius 2 is 2.17 bits per heavy atom. The largest absolute Gasteiger partial charge is 0.367 e. The third-order valence-corrected chi connectivity index (χ3v) is 4.40. The molecule has 0 saturated carbocycles. The van der Waals surface area contributed by atoms with Crippen LogP contribution in [0, 0.1) is 0 Å². The molecule has 1 unspecified atom stereocenters. The molecule has 18 heavy (non-hydrogen) atoms. The summed E-state index contributed by atoms with van der Waals surface area (Å²) in [5.74, 6) is 0.581. The van der Waals surface area contributed by atoms with E-state index in [0.29, 0.717) is 5.92 Å². The van der Waals surface area contributed by atoms with Gasteiger partial charge < -0.3 is 4.90 Å². The van der Waals surface area contributed by atoms with Gasteiger partial charge >= 0.3 is 0 Å². The lowest BCUT2D eigenvalue weighted by Crippen LogP contribution is -2.20. The molecule has 2 heteroatoms. The Morgan fingerprint density at radius 1 is 1.33 bits per heavy atom. The first-order chi connectivity index (χ1) is 8.72. The second-order valence-corrected chi connectivity index (χ2v) is 5.78. The summed E-state index contributed by atoms with van der Waals surface area (Å²) < 4.78 is 1.18. The van der Waals surface area contributed by atoms with Gasteiger partial charge in [0.1, 0.15) is 0 Å². The van der Waals surface area contributed by atoms with Crippen molar-refractivity contribution in [2.45, 2.75) is 12.8 Å². The predicted molar refractivity (Wildman–Crippen MR) is 82.5 cm³/mol. The minimum Gasteiger partial charge on any atom is -0.367 e. The Bertz CT molecular complexity index is 618. The van der Waals surface area contributed by atoms with Gasteiger partial charge in [0, 0.05) is 29.2 Å². The van der Waals surface area contributed by atoms with Crippen LogP contribution in [0.15, 0.2) is 47.5 Å². The third-order valence-electron chi connectivity index (χ3n) is 3.70. The molecular weight excluding hydrogens is 286 g/mol. The molecule has 0 spiro atoms. The SMILES string of the molecule is C=CCN1CC(C)c2c1ccc1c(Br)cccc21. The van der Waals surface area contributed by atoms with E-state index < -0.39 is 0 Å². The molecule has 0 N–H and O–H groups in total. The van der Waals surface area contributed by atoms with Gasteiger partial charge in [0.05, 0.1) is 0 Å². The Labute approximate surface area is 116 Å². The van der Waals surface area contributed by atoms with Crippen molar-refractivity contribution >= 4 is 32.4 Å². The highest BCUT2D eigenvalue weighted by Gasteiger charge is 2.26. The maximum Gasteiger partial charge on any atom is 0.0411 e. The molecule has 92 valence electrons. The van der Waals surface area contributed by atoms with Crippen LogP contribution in [0.5, 0.6) is 0 Å². The molecule has 2 aromatic carbocycles. The fourth-order valence-electron chi connectivity index (χ4n) is 2.97. The van der Waals surface area contributed by atoms with E-state index in [-0.39, 0.29) is 0 Å². The summed E-state index contributed by atoms with van der Waals surface area (Å²) in [5, 5.41) is 2.68. The van der Waals surface area contributed by atoms with Crippen molar-refractivity contribution in [1.82, 2.24) is 0 Å². The normalized spacial score (nSPS) is 18.1. The highest BCUT2D eigenvalue weighted by atomic mass is 79.9. The van der Waals surface area contributed by atoms with Crippen molar-refractivity contribution in [3.63, 3.8) is 0 Å². The Balaban J connectivity index is 2.26. The van der Waals surface area contributed by atoms with Crippen LogP contribution in [0.3, 0.4) is 0 Å². The second kappa shape index (κ2) is 4.43. The van der Waals surface area contributed by atoms with Crippen LogP contribution in [0.2, 0.25) is 0 Å². The highest BCUT2D eigenvalue weighted by molar-refractivity contribution is 9.10. The summed E-state index contributed by atoms with van der Waals surface area (Å²) in [6.07, 6.45) is 1.98. The van der Waals surface area contributed by atoms with E-state index in [4.69, 9.17) is 0 Å². The first kappa shape index (κ1) is 11.8. The number of nitrogens with zero attached hydrogens (tertiary/aromatic N) is 1. The second-order valence-electron chi connectivity index (χ2n) is 4.93. The molecule has 1 aliphatic rings. The Kier molecular flexibility index (Phi) is 2.90. The van der Waals surface area contributed by atoms with Gasteiger partial charge in [0.2, 0.25) is 0 Å². The standard InChI is InChI=1S/C16H16BrN/c1-3-9-18-10-11(2)16-13-5-4-6-14(17)12(13)7-8-15(16)18/h3-8,11H,1,9-10H2,2H3. The van der Waals surface area contributed by atoms with E-state index in [1.54, 1.807) is 0 Å². The average Bonchev–Trinajstić information content (AvgIpc) is 2.68. The fraction of sp³-hybridized carbons (Fsp3) is 0.250. The zero-order valence-corrected chi connectivity index (χ0v) is 12.1. The average molecular weight is 302 g/mol. The van der Waals surface area contributed by atoms with Gasteiger partial charge in [-0.1, -0.05) is 47.1 Å². The molecule has 1 heterocycles. The summed E-state index contributed by atoms with van der Waals surface area (Å²) >= 11 is 3.64. The van der Waals surface area contributed by atoms with Crippen molar-refractivity contribution in [3.05, 3.63) is 53.0 Å². The van der Waals surface area contributed by atoms with Gasteiger partial charge in [0.25, 0.3) is 0 Å². The smallest absolute Gasteiger partial charge is 0.0411 e. The molecule has 0 amide bonds. The van der Waals surface area contributed by atoms with E-state index >= 15 is 0 Å². The van der Waals surface area contributed by atoms with E-state index in [0.717, 1.165) is 13.1 Å². The minimum atomic E-state index is 0.581. The highest BCUT2D eigenvalue weighted by Crippen LogP contribution is 2.42. The third kappa shape index (κ3) is 1.67. The van der Waals surface area contributed by atoms with Crippen molar-refractivity contribution in [3.8, 4) is 0 Å². The quantitative estimate of drug-likeness (QED) is 0.726. The minimum absolute atomic E-state index is 0.581. The number of hydrogen-bond acceptors (Lipinski definition) is 1. The Hall–Kier alpha value is -1.28. The molecule has 0 aliphatic carbocycles. The Morgan fingerprint density at radius 3 is 2.94 bits per heavy atom. The van der Waals surface area contributed by atoms with Gasteiger partial charge in [-0.15, -0.1) is 6.58 Å². The van der Waals surface area contributed by atoms with Crippen LogP contribution in [0.25, 0.3) is 10.8 Å². The van der Waals surface area contributed by atoms with Crippen molar-refractivity contribution in [2.75, 3.05) is 18.0 Å². The number of fused-ring (bicyclic) bond motifs is 3. The van der Waals surface area contributed by atoms with Crippen LogP contribution in [0.4, 0.5) is 5.69 Å². The van der Waals surface area contributed by atoms with Crippen LogP contribution < -0.4 is 4.90 Å². The molecule has 1 nitrogen and oxygen atoms in total. The summed E-state index contributed by atoms with van der Waals surface area (Å²) in [6.45, 7) is 8.17. The zero-order valence-electron chi connectivity index (χ0n) is 10.5. The summed E-state index contributed by atoms with van der Waals surface area (Å²) in [6, 6.07) is 10.9. The van der Waals surface area contributed by atoms with Crippen LogP contribution >= 0.6 is 15.9 Å². The molecule has 0 aromatic heterocycles. The van der Waals surface area contributed by atoms with Gasteiger partial charge in [-0.05, 0) is 28.5 Å². The first-order valence-corrected chi connectivity index (χ1v) is 7.08. The molecule has 1 aliphatic heterocycles. The van der Waals surface area contributed by atoms with Crippen LogP contribution in [-0.2, 0) is 0 Å². The number of halogens is 1. The topological polar surface area (TPSA) is 3.24 Å². The van der Waals surface area contributed by atoms with Gasteiger partial charge in [-0.3, -0.25) is 0 Å². The number of benzene rings is 2. The summed E-state index contributed by atoms with van der Waals surface area (Å²) in [4.78, 5) is 2.41. The fourth-order valence-corrected chi connectivity index (χ4v) is 3.47. The maximum absolute atomic E-state index is 3.85. The molecule has 0 fully saturated rings.